The highest BCUT2D eigenvalue weighted by molar-refractivity contribution is 5.49. The van der Waals surface area contributed by atoms with Crippen LogP contribution in [0.2, 0.25) is 0 Å². The van der Waals surface area contributed by atoms with E-state index in [-0.39, 0.29) is 6.54 Å². The van der Waals surface area contributed by atoms with E-state index < -0.39 is 29.2 Å². The zero-order valence-corrected chi connectivity index (χ0v) is 12.3. The third-order valence-corrected chi connectivity index (χ3v) is 3.24. The number of halogens is 4. The molecule has 22 heavy (non-hydrogen) atoms. The minimum Gasteiger partial charge on any atom is -0.496 e. The standard InChI is InChI=1S/C15H14F4N2O/c1-8-6-9(4-5-10(8)22-3)7-21(2)13-11(16)14(18)20-15(19)12(13)17/h4-6H,7H2,1-3H3. The van der Waals surface area contributed by atoms with Crippen molar-refractivity contribution in [3.63, 3.8) is 0 Å². The first-order valence-electron chi connectivity index (χ1n) is 6.39. The van der Waals surface area contributed by atoms with Crippen LogP contribution in [0.4, 0.5) is 23.2 Å². The van der Waals surface area contributed by atoms with E-state index in [1.165, 1.54) is 14.2 Å². The highest BCUT2D eigenvalue weighted by atomic mass is 19.2. The Kier molecular flexibility index (Phi) is 4.54. The van der Waals surface area contributed by atoms with E-state index >= 15 is 0 Å². The Balaban J connectivity index is 2.34. The van der Waals surface area contributed by atoms with Crippen molar-refractivity contribution < 1.29 is 22.3 Å². The first-order valence-corrected chi connectivity index (χ1v) is 6.39. The van der Waals surface area contributed by atoms with Crippen LogP contribution in [0.5, 0.6) is 5.75 Å². The van der Waals surface area contributed by atoms with Gasteiger partial charge >= 0.3 is 0 Å². The lowest BCUT2D eigenvalue weighted by Gasteiger charge is -2.21. The van der Waals surface area contributed by atoms with Gasteiger partial charge in [-0.05, 0) is 24.1 Å². The maximum atomic E-state index is 13.7. The van der Waals surface area contributed by atoms with Gasteiger partial charge in [-0.15, -0.1) is 0 Å². The molecule has 0 fully saturated rings. The number of anilines is 1. The molecular formula is C15H14F4N2O. The second-order valence-electron chi connectivity index (χ2n) is 4.83. The van der Waals surface area contributed by atoms with Crippen molar-refractivity contribution >= 4 is 5.69 Å². The van der Waals surface area contributed by atoms with Crippen molar-refractivity contribution in [2.45, 2.75) is 13.5 Å². The molecule has 2 aromatic rings. The molecule has 0 amide bonds. The zero-order chi connectivity index (χ0) is 16.4. The average Bonchev–Trinajstić information content (AvgIpc) is 2.45. The van der Waals surface area contributed by atoms with Gasteiger partial charge in [-0.25, -0.2) is 0 Å². The monoisotopic (exact) mass is 314 g/mol. The normalized spacial score (nSPS) is 10.7. The molecule has 1 aromatic heterocycles. The first kappa shape index (κ1) is 16.1. The van der Waals surface area contributed by atoms with E-state index in [0.29, 0.717) is 11.3 Å². The van der Waals surface area contributed by atoms with E-state index in [2.05, 4.69) is 4.98 Å². The summed E-state index contributed by atoms with van der Waals surface area (Å²) in [6.45, 7) is 1.87. The molecule has 0 bridgehead atoms. The predicted octanol–water partition coefficient (Wildman–Crippen LogP) is 3.59. The molecule has 0 unspecified atom stereocenters. The summed E-state index contributed by atoms with van der Waals surface area (Å²) < 4.78 is 58.8. The summed E-state index contributed by atoms with van der Waals surface area (Å²) in [4.78, 5) is 3.62. The Morgan fingerprint density at radius 1 is 1.09 bits per heavy atom. The molecule has 0 saturated heterocycles. The summed E-state index contributed by atoms with van der Waals surface area (Å²) in [5, 5.41) is 0. The topological polar surface area (TPSA) is 25.4 Å². The Labute approximate surface area is 125 Å². The predicted molar refractivity (Wildman–Crippen MR) is 73.9 cm³/mol. The van der Waals surface area contributed by atoms with Crippen molar-refractivity contribution in [3.05, 3.63) is 52.9 Å². The SMILES string of the molecule is COc1ccc(CN(C)c2c(F)c(F)nc(F)c2F)cc1C. The summed E-state index contributed by atoms with van der Waals surface area (Å²) >= 11 is 0. The highest BCUT2D eigenvalue weighted by Gasteiger charge is 2.23. The van der Waals surface area contributed by atoms with Gasteiger partial charge in [0.05, 0.1) is 7.11 Å². The van der Waals surface area contributed by atoms with Crippen LogP contribution in [-0.2, 0) is 6.54 Å². The van der Waals surface area contributed by atoms with Crippen molar-refractivity contribution in [1.29, 1.82) is 0 Å². The van der Waals surface area contributed by atoms with Gasteiger partial charge in [-0.1, -0.05) is 12.1 Å². The van der Waals surface area contributed by atoms with Gasteiger partial charge < -0.3 is 9.64 Å². The molecule has 0 spiro atoms. The summed E-state index contributed by atoms with van der Waals surface area (Å²) in [6, 6.07) is 5.17. The molecule has 0 aliphatic rings. The third-order valence-electron chi connectivity index (χ3n) is 3.24. The fourth-order valence-corrected chi connectivity index (χ4v) is 2.20. The molecule has 1 heterocycles. The second kappa shape index (κ2) is 6.21. The smallest absolute Gasteiger partial charge is 0.253 e. The van der Waals surface area contributed by atoms with E-state index in [9.17, 15) is 17.6 Å². The van der Waals surface area contributed by atoms with Gasteiger partial charge in [-0.2, -0.15) is 22.5 Å². The van der Waals surface area contributed by atoms with Crippen LogP contribution in [-0.4, -0.2) is 19.1 Å². The number of aromatic nitrogens is 1. The number of hydrogen-bond acceptors (Lipinski definition) is 3. The lowest BCUT2D eigenvalue weighted by molar-refractivity contribution is 0.406. The van der Waals surface area contributed by atoms with Crippen molar-refractivity contribution in [2.24, 2.45) is 0 Å². The largest absolute Gasteiger partial charge is 0.496 e. The van der Waals surface area contributed by atoms with Crippen molar-refractivity contribution in [1.82, 2.24) is 4.98 Å². The van der Waals surface area contributed by atoms with Gasteiger partial charge in [0.1, 0.15) is 11.4 Å². The molecule has 7 heteroatoms. The Morgan fingerprint density at radius 2 is 1.68 bits per heavy atom. The maximum absolute atomic E-state index is 13.7. The number of hydrogen-bond donors (Lipinski definition) is 0. The van der Waals surface area contributed by atoms with Crippen LogP contribution < -0.4 is 9.64 Å². The Bertz CT molecular complexity index is 680. The molecule has 3 nitrogen and oxygen atoms in total. The molecule has 0 N–H and O–H groups in total. The Hall–Kier alpha value is -2.31. The first-order chi connectivity index (χ1) is 10.3. The van der Waals surface area contributed by atoms with Crippen LogP contribution in [0, 0.1) is 30.5 Å². The number of ether oxygens (including phenoxy) is 1. The van der Waals surface area contributed by atoms with E-state index in [0.717, 1.165) is 10.5 Å². The fraction of sp³-hybridized carbons (Fsp3) is 0.267. The second-order valence-corrected chi connectivity index (χ2v) is 4.83. The minimum atomic E-state index is -1.67. The summed E-state index contributed by atoms with van der Waals surface area (Å²) in [6.07, 6.45) is 0. The number of aryl methyl sites for hydroxylation is 1. The molecule has 118 valence electrons. The number of nitrogens with zero attached hydrogens (tertiary/aromatic N) is 2. The lowest BCUT2D eigenvalue weighted by atomic mass is 10.1. The number of rotatable bonds is 4. The van der Waals surface area contributed by atoms with Crippen LogP contribution in [0.1, 0.15) is 11.1 Å². The van der Waals surface area contributed by atoms with Gasteiger partial charge in [0.15, 0.2) is 0 Å². The molecule has 0 aliphatic heterocycles. The Morgan fingerprint density at radius 3 is 2.18 bits per heavy atom. The quantitative estimate of drug-likeness (QED) is 0.637. The summed E-state index contributed by atoms with van der Waals surface area (Å²) in [5.41, 5.74) is 0.747. The van der Waals surface area contributed by atoms with Crippen LogP contribution in [0.3, 0.4) is 0 Å². The fourth-order valence-electron chi connectivity index (χ4n) is 2.20. The van der Waals surface area contributed by atoms with Gasteiger partial charge in [0, 0.05) is 13.6 Å². The minimum absolute atomic E-state index is 0.0571. The molecule has 0 atom stereocenters. The molecule has 2 rings (SSSR count). The van der Waals surface area contributed by atoms with E-state index in [1.807, 2.05) is 6.92 Å². The van der Waals surface area contributed by atoms with Crippen molar-refractivity contribution in [2.75, 3.05) is 19.1 Å². The highest BCUT2D eigenvalue weighted by Crippen LogP contribution is 2.27. The molecule has 1 aromatic carbocycles. The number of benzene rings is 1. The number of pyridine rings is 1. The van der Waals surface area contributed by atoms with Gasteiger partial charge in [-0.3, -0.25) is 0 Å². The van der Waals surface area contributed by atoms with Crippen molar-refractivity contribution in [3.8, 4) is 5.75 Å². The average molecular weight is 314 g/mol. The van der Waals surface area contributed by atoms with Crippen LogP contribution in [0.25, 0.3) is 0 Å². The molecule has 0 radical (unpaired) electrons. The zero-order valence-electron chi connectivity index (χ0n) is 12.3. The number of methoxy groups -OCH3 is 1. The maximum Gasteiger partial charge on any atom is 0.253 e. The molecule has 0 aliphatic carbocycles. The van der Waals surface area contributed by atoms with Gasteiger partial charge in [0.2, 0.25) is 11.6 Å². The van der Waals surface area contributed by atoms with E-state index in [1.54, 1.807) is 18.2 Å². The van der Waals surface area contributed by atoms with Gasteiger partial charge in [0.25, 0.3) is 11.9 Å². The molecular weight excluding hydrogens is 300 g/mol. The van der Waals surface area contributed by atoms with Crippen LogP contribution in [0.15, 0.2) is 18.2 Å². The third kappa shape index (κ3) is 2.98. The van der Waals surface area contributed by atoms with E-state index in [4.69, 9.17) is 4.74 Å². The van der Waals surface area contributed by atoms with Crippen LogP contribution >= 0.6 is 0 Å². The summed E-state index contributed by atoms with van der Waals surface area (Å²) in [7, 11) is 2.86. The lowest BCUT2D eigenvalue weighted by Crippen LogP contribution is -2.21. The molecule has 0 saturated carbocycles. The summed E-state index contributed by atoms with van der Waals surface area (Å²) in [5.74, 6) is -5.72.